The molecule has 3 aromatic rings. The van der Waals surface area contributed by atoms with Crippen LogP contribution in [0.2, 0.25) is 0 Å². The number of ketones is 1. The summed E-state index contributed by atoms with van der Waals surface area (Å²) >= 11 is 0. The molecule has 1 fully saturated rings. The molecule has 35 heavy (non-hydrogen) atoms. The second kappa shape index (κ2) is 9.46. The highest BCUT2D eigenvalue weighted by Crippen LogP contribution is 2.31. The lowest BCUT2D eigenvalue weighted by atomic mass is 9.83. The van der Waals surface area contributed by atoms with Gasteiger partial charge in [-0.1, -0.05) is 30.3 Å². The Kier molecular flexibility index (Phi) is 6.05. The van der Waals surface area contributed by atoms with Crippen LogP contribution in [-0.2, 0) is 20.9 Å². The number of amides is 3. The van der Waals surface area contributed by atoms with Gasteiger partial charge in [0.05, 0.1) is 24.2 Å². The van der Waals surface area contributed by atoms with E-state index in [1.165, 1.54) is 0 Å². The number of carbonyl (C=O) groups excluding carboxylic acids is 4. The molecule has 9 nitrogen and oxygen atoms in total. The third-order valence-electron chi connectivity index (χ3n) is 6.42. The first kappa shape index (κ1) is 22.4. The molecule has 1 aliphatic heterocycles. The average Bonchev–Trinajstić information content (AvgIpc) is 3.49. The van der Waals surface area contributed by atoms with E-state index >= 15 is 0 Å². The van der Waals surface area contributed by atoms with Gasteiger partial charge in [0.2, 0.25) is 17.6 Å². The molecule has 1 saturated heterocycles. The van der Waals surface area contributed by atoms with Crippen LogP contribution in [0.1, 0.15) is 22.3 Å². The highest BCUT2D eigenvalue weighted by molar-refractivity contribution is 6.06. The van der Waals surface area contributed by atoms with Crippen molar-refractivity contribution >= 4 is 34.4 Å². The summed E-state index contributed by atoms with van der Waals surface area (Å²) < 4.78 is 0. The Morgan fingerprint density at radius 1 is 1.03 bits per heavy atom. The number of Topliss-reactive ketones (excluding diaryl/α,β-unsaturated/α-hetero) is 1. The molecule has 5 N–H and O–H groups in total. The van der Waals surface area contributed by atoms with Crippen molar-refractivity contribution in [1.82, 2.24) is 26.3 Å². The topological polar surface area (TPSA) is 132 Å². The maximum absolute atomic E-state index is 13.2. The highest BCUT2D eigenvalue weighted by Gasteiger charge is 2.42. The summed E-state index contributed by atoms with van der Waals surface area (Å²) in [5.74, 6) is -1.77. The lowest BCUT2D eigenvalue weighted by Gasteiger charge is -2.29. The zero-order chi connectivity index (χ0) is 24.4. The molecule has 0 radical (unpaired) electrons. The van der Waals surface area contributed by atoms with Gasteiger partial charge in [0.15, 0.2) is 0 Å². The molecule has 0 unspecified atom stereocenters. The summed E-state index contributed by atoms with van der Waals surface area (Å²) in [7, 11) is 0. The average molecular weight is 472 g/mol. The quantitative estimate of drug-likeness (QED) is 0.353. The third-order valence-corrected chi connectivity index (χ3v) is 6.42. The molecular weight excluding hydrogens is 446 g/mol. The van der Waals surface area contributed by atoms with Crippen molar-refractivity contribution in [3.05, 3.63) is 83.2 Å². The van der Waals surface area contributed by atoms with Gasteiger partial charge in [0, 0.05) is 35.8 Å². The van der Waals surface area contributed by atoms with Gasteiger partial charge < -0.3 is 26.3 Å². The van der Waals surface area contributed by atoms with Gasteiger partial charge in [-0.15, -0.1) is 0 Å². The molecule has 0 saturated carbocycles. The van der Waals surface area contributed by atoms with Crippen molar-refractivity contribution in [3.8, 4) is 0 Å². The van der Waals surface area contributed by atoms with Crippen LogP contribution in [0.4, 0.5) is 0 Å². The molecule has 1 aliphatic carbocycles. The van der Waals surface area contributed by atoms with Crippen LogP contribution < -0.4 is 21.3 Å². The molecule has 2 heterocycles. The van der Waals surface area contributed by atoms with Crippen LogP contribution in [0.25, 0.3) is 10.9 Å². The molecular formula is C26H25N5O4. The number of carbonyl (C=O) groups is 4. The first-order valence-electron chi connectivity index (χ1n) is 11.5. The molecule has 0 bridgehead atoms. The van der Waals surface area contributed by atoms with E-state index in [9.17, 15) is 19.2 Å². The van der Waals surface area contributed by atoms with Gasteiger partial charge in [-0.3, -0.25) is 19.2 Å². The summed E-state index contributed by atoms with van der Waals surface area (Å²) in [6.45, 7) is 0.455. The Labute approximate surface area is 201 Å². The van der Waals surface area contributed by atoms with Crippen LogP contribution in [0.5, 0.6) is 0 Å². The minimum atomic E-state index is -0.855. The summed E-state index contributed by atoms with van der Waals surface area (Å²) in [6, 6.07) is 15.8. The first-order valence-corrected chi connectivity index (χ1v) is 11.5. The molecule has 2 aromatic carbocycles. The van der Waals surface area contributed by atoms with E-state index in [0.29, 0.717) is 24.4 Å². The number of hydrogen-bond donors (Lipinski definition) is 5. The number of hydrogen-bond acceptors (Lipinski definition) is 5. The first-order chi connectivity index (χ1) is 17.0. The lowest BCUT2D eigenvalue weighted by molar-refractivity contribution is -0.128. The predicted octanol–water partition coefficient (Wildman–Crippen LogP) is 1.15. The van der Waals surface area contributed by atoms with Gasteiger partial charge in [0.25, 0.3) is 5.91 Å². The van der Waals surface area contributed by atoms with Gasteiger partial charge in [0.1, 0.15) is 0 Å². The summed E-state index contributed by atoms with van der Waals surface area (Å²) in [4.78, 5) is 53.7. The highest BCUT2D eigenvalue weighted by atomic mass is 16.2. The molecule has 1 aromatic heterocycles. The van der Waals surface area contributed by atoms with Gasteiger partial charge in [-0.05, 0) is 41.8 Å². The molecule has 0 spiro atoms. The van der Waals surface area contributed by atoms with Gasteiger partial charge in [-0.2, -0.15) is 0 Å². The number of aromatic nitrogens is 1. The van der Waals surface area contributed by atoms with E-state index in [2.05, 4.69) is 26.3 Å². The fourth-order valence-corrected chi connectivity index (χ4v) is 4.59. The summed E-state index contributed by atoms with van der Waals surface area (Å²) in [6.07, 6.45) is 1.98. The van der Waals surface area contributed by atoms with Crippen molar-refractivity contribution < 1.29 is 19.2 Å². The number of fused-ring (bicyclic) bond motifs is 2. The smallest absolute Gasteiger partial charge is 0.251 e. The maximum atomic E-state index is 13.2. The molecule has 2 aliphatic rings. The maximum Gasteiger partial charge on any atom is 0.251 e. The second-order valence-corrected chi connectivity index (χ2v) is 8.69. The SMILES string of the molecule is O=C(CNC(=O)c1ccc2[nH]ccc2c1)N[C@H]1C[C@H]2C(=O)NCC2=C(NCc2ccccc2)C1=O. The van der Waals surface area contributed by atoms with E-state index < -0.39 is 17.9 Å². The monoisotopic (exact) mass is 471 g/mol. The summed E-state index contributed by atoms with van der Waals surface area (Å²) in [5.41, 5.74) is 3.44. The van der Waals surface area contributed by atoms with Crippen molar-refractivity contribution in [2.45, 2.75) is 19.0 Å². The Morgan fingerprint density at radius 2 is 1.86 bits per heavy atom. The van der Waals surface area contributed by atoms with Crippen LogP contribution in [0.3, 0.4) is 0 Å². The normalized spacial score (nSPS) is 19.3. The summed E-state index contributed by atoms with van der Waals surface area (Å²) in [5, 5.41) is 12.2. The molecule has 9 heteroatoms. The van der Waals surface area contributed by atoms with Crippen molar-refractivity contribution in [3.63, 3.8) is 0 Å². The number of rotatable bonds is 7. The predicted molar refractivity (Wildman–Crippen MR) is 129 cm³/mol. The van der Waals surface area contributed by atoms with E-state index in [4.69, 9.17) is 0 Å². The zero-order valence-corrected chi connectivity index (χ0v) is 18.9. The van der Waals surface area contributed by atoms with E-state index in [1.807, 2.05) is 36.4 Å². The number of benzene rings is 2. The largest absolute Gasteiger partial charge is 0.378 e. The number of nitrogens with one attached hydrogen (secondary N) is 5. The van der Waals surface area contributed by atoms with Crippen LogP contribution in [0.15, 0.2) is 72.1 Å². The minimum Gasteiger partial charge on any atom is -0.378 e. The van der Waals surface area contributed by atoms with Crippen molar-refractivity contribution in [2.75, 3.05) is 13.1 Å². The minimum absolute atomic E-state index is 0.154. The lowest BCUT2D eigenvalue weighted by Crippen LogP contribution is -2.50. The molecule has 3 amide bonds. The number of H-pyrrole nitrogens is 1. The van der Waals surface area contributed by atoms with Gasteiger partial charge in [-0.25, -0.2) is 0 Å². The zero-order valence-electron chi connectivity index (χ0n) is 18.9. The van der Waals surface area contributed by atoms with E-state index in [1.54, 1.807) is 24.4 Å². The number of aromatic amines is 1. The Balaban J connectivity index is 1.22. The van der Waals surface area contributed by atoms with Gasteiger partial charge >= 0.3 is 0 Å². The second-order valence-electron chi connectivity index (χ2n) is 8.69. The van der Waals surface area contributed by atoms with E-state index in [-0.39, 0.29) is 30.6 Å². The van der Waals surface area contributed by atoms with Crippen molar-refractivity contribution in [1.29, 1.82) is 0 Å². The Morgan fingerprint density at radius 3 is 2.69 bits per heavy atom. The van der Waals surface area contributed by atoms with Crippen LogP contribution in [0, 0.1) is 5.92 Å². The molecule has 2 atom stereocenters. The fourth-order valence-electron chi connectivity index (χ4n) is 4.59. The third kappa shape index (κ3) is 4.65. The Hall–Kier alpha value is -4.40. The van der Waals surface area contributed by atoms with Crippen LogP contribution in [-0.4, -0.2) is 47.6 Å². The van der Waals surface area contributed by atoms with Crippen LogP contribution >= 0.6 is 0 Å². The van der Waals surface area contributed by atoms with E-state index in [0.717, 1.165) is 22.0 Å². The molecule has 178 valence electrons. The Bertz CT molecular complexity index is 1340. The molecule has 5 rings (SSSR count). The van der Waals surface area contributed by atoms with Crippen molar-refractivity contribution in [2.24, 2.45) is 5.92 Å². The fraction of sp³-hybridized carbons (Fsp3) is 0.231. The standard InChI is InChI=1S/C26H25N5O4/c32-22(14-30-25(34)17-6-7-20-16(10-17)8-9-27-20)31-21-11-18-19(13-29-26(18)35)23(24(21)33)28-12-15-4-2-1-3-5-15/h1-10,18,21,27-28H,11-14H2,(H,29,35)(H,30,34)(H,31,32)/t18-,21+/m1/s1.